The van der Waals surface area contributed by atoms with Crippen molar-refractivity contribution in [3.05, 3.63) is 176 Å². The number of hydrogen-bond acceptors (Lipinski definition) is 36. The lowest BCUT2D eigenvalue weighted by Gasteiger charge is -2.28. The number of carbonyl (C=O) groups excluding carboxylic acids is 12. The van der Waals surface area contributed by atoms with Gasteiger partial charge in [-0.3, -0.25) is 0 Å². The molecule has 0 saturated heterocycles. The van der Waals surface area contributed by atoms with Gasteiger partial charge in [-0.2, -0.15) is 0 Å². The van der Waals surface area contributed by atoms with E-state index in [4.69, 9.17) is 85.3 Å². The maximum absolute atomic E-state index is 14.2. The maximum atomic E-state index is 14.2. The van der Waals surface area contributed by atoms with Crippen LogP contribution in [0, 0.1) is 0 Å². The van der Waals surface area contributed by atoms with Crippen LogP contribution in [0.15, 0.2) is 109 Å². The highest BCUT2D eigenvalue weighted by Gasteiger charge is 2.41. The smallest absolute Gasteiger partial charge is 0.344 e. The van der Waals surface area contributed by atoms with Crippen molar-refractivity contribution in [2.45, 2.75) is 269 Å². The van der Waals surface area contributed by atoms with E-state index in [0.29, 0.717) is 77.0 Å². The Labute approximate surface area is 794 Å². The molecule has 138 heavy (non-hydrogen) atoms. The van der Waals surface area contributed by atoms with Crippen molar-refractivity contribution in [3.8, 4) is 69.0 Å². The van der Waals surface area contributed by atoms with Crippen molar-refractivity contribution in [2.24, 2.45) is 0 Å². The van der Waals surface area contributed by atoms with Gasteiger partial charge < -0.3 is 116 Å². The van der Waals surface area contributed by atoms with E-state index in [1.54, 1.807) is 41.5 Å². The van der Waals surface area contributed by atoms with E-state index in [-0.39, 0.29) is 67.9 Å². The van der Waals surface area contributed by atoms with Gasteiger partial charge in [-0.25, -0.2) is 57.5 Å². The van der Waals surface area contributed by atoms with Gasteiger partial charge in [0.1, 0.15) is 176 Å². The quantitative estimate of drug-likeness (QED) is 0.0153. The van der Waals surface area contributed by atoms with Crippen LogP contribution in [0.2, 0.25) is 0 Å². The van der Waals surface area contributed by atoms with E-state index in [2.05, 4.69) is 0 Å². The highest BCUT2D eigenvalue weighted by atomic mass is 16.6. The Bertz CT molecular complexity index is 4780. The molecular formula is C102H114O36. The standard InChI is InChI=1S/C102H114O36/c1-97(31-7-8-32-97)133-85(109)55-127-91(115)67-43-61(19-25-79(67)103)121-49-73-74(50-122-62-20-26-80(104)68(44-62)92(116)128-56-86(110)134-98(2)33-9-10-34-98)76(52-124-64-22-28-82(106)70(46-64)94(118)130-58-88(112)136-100(4)37-13-14-38-100)78(54-126-66-24-30-84(108)72(48-66)96(120)132-60-90(114)138-102(6)41-17-18-42-102)77(53-125-65-23-29-83(107)71(47-65)95(119)131-59-89(113)137-101(5)39-15-16-40-101)75(73)51-123-63-21-27-81(105)69(45-63)93(117)129-57-87(111)135-99(3)35-11-12-36-99/h19-30,43-48,103-108H,7-18,31-42,49-60H2,1-6H3. The molecule has 0 aromatic heterocycles. The van der Waals surface area contributed by atoms with Crippen molar-refractivity contribution in [1.82, 2.24) is 0 Å². The number of phenolic OH excluding ortho intramolecular Hbond substituents is 6. The number of phenols is 6. The largest absolute Gasteiger partial charge is 0.507 e. The number of carbonyl (C=O) groups is 12. The molecule has 6 saturated carbocycles. The van der Waals surface area contributed by atoms with Gasteiger partial charge in [0.2, 0.25) is 0 Å². The third-order valence-corrected chi connectivity index (χ3v) is 25.7. The fourth-order valence-electron chi connectivity index (χ4n) is 18.1. The van der Waals surface area contributed by atoms with Crippen molar-refractivity contribution >= 4 is 71.6 Å². The van der Waals surface area contributed by atoms with Gasteiger partial charge in [-0.1, -0.05) is 0 Å². The van der Waals surface area contributed by atoms with E-state index in [9.17, 15) is 88.2 Å². The van der Waals surface area contributed by atoms with E-state index in [1.165, 1.54) is 36.4 Å². The Morgan fingerprint density at radius 3 is 0.457 bits per heavy atom. The molecule has 738 valence electrons. The van der Waals surface area contributed by atoms with Crippen LogP contribution in [-0.4, -0.2) is 176 Å². The number of hydrogen-bond donors (Lipinski definition) is 6. The summed E-state index contributed by atoms with van der Waals surface area (Å²) in [6.07, 6.45) is 16.3. The summed E-state index contributed by atoms with van der Waals surface area (Å²) in [5, 5.41) is 68.6. The molecule has 0 bridgehead atoms. The minimum Gasteiger partial charge on any atom is -0.507 e. The summed E-state index contributed by atoms with van der Waals surface area (Å²) in [5.74, 6) is -17.6. The van der Waals surface area contributed by atoms with Crippen LogP contribution in [0.5, 0.6) is 69.0 Å². The van der Waals surface area contributed by atoms with Crippen molar-refractivity contribution < 1.29 is 173 Å². The van der Waals surface area contributed by atoms with Gasteiger partial charge in [-0.15, -0.1) is 0 Å². The van der Waals surface area contributed by atoms with Gasteiger partial charge in [0.15, 0.2) is 39.6 Å². The molecule has 7 aromatic carbocycles. The van der Waals surface area contributed by atoms with Crippen LogP contribution in [-0.2, 0) is 125 Å². The summed E-state index contributed by atoms with van der Waals surface area (Å²) in [6.45, 7) is 0.802. The third kappa shape index (κ3) is 27.2. The normalized spacial score (nSPS) is 16.6. The van der Waals surface area contributed by atoms with Crippen LogP contribution in [0.1, 0.15) is 291 Å². The summed E-state index contributed by atoms with van der Waals surface area (Å²) >= 11 is 0. The SMILES string of the molecule is CC1(OC(=O)COC(=O)c2cc(OCc3c(COc4ccc(O)c(C(=O)OCC(=O)OC5(C)CCCC5)c4)c(COc4ccc(O)c(C(=O)OCC(=O)OC5(C)CCCC5)c4)c(COc4ccc(O)c(C(=O)OCC(=O)OC5(C)CCCC5)c4)c(COc4ccc(O)c(C(=O)OCC(=O)OC5(C)CCCC5)c4)c3COc3ccc(O)c(C(=O)OCC(=O)OC4(C)CCCC4)c3)ccc2O)CCCC1. The first-order chi connectivity index (χ1) is 65.8. The third-order valence-electron chi connectivity index (χ3n) is 25.7. The topological polar surface area (TPSA) is 492 Å². The fourth-order valence-corrected chi connectivity index (χ4v) is 18.1. The van der Waals surface area contributed by atoms with Crippen molar-refractivity contribution in [1.29, 1.82) is 0 Å². The van der Waals surface area contributed by atoms with Crippen LogP contribution in [0.25, 0.3) is 0 Å². The summed E-state index contributed by atoms with van der Waals surface area (Å²) in [5.41, 5.74) is -8.22. The molecule has 0 heterocycles. The molecule has 7 aromatic rings. The Morgan fingerprint density at radius 2 is 0.333 bits per heavy atom. The molecule has 0 aliphatic heterocycles. The Hall–Kier alpha value is -14.2. The second-order valence-electron chi connectivity index (χ2n) is 36.9. The van der Waals surface area contributed by atoms with E-state index in [1.807, 2.05) is 0 Å². The average Bonchev–Trinajstić information content (AvgIpc) is 0.897. The zero-order valence-electron chi connectivity index (χ0n) is 77.8. The van der Waals surface area contributed by atoms with Gasteiger partial charge >= 0.3 is 71.6 Å². The van der Waals surface area contributed by atoms with E-state index in [0.717, 1.165) is 150 Å². The van der Waals surface area contributed by atoms with E-state index >= 15 is 0 Å². The number of aromatic hydroxyl groups is 6. The molecule has 0 unspecified atom stereocenters. The lowest BCUT2D eigenvalue weighted by Crippen LogP contribution is -2.30. The number of benzene rings is 7. The Balaban J connectivity index is 0.976. The molecule has 13 rings (SSSR count). The Kier molecular flexibility index (Phi) is 32.8. The van der Waals surface area contributed by atoms with Gasteiger partial charge in [0.05, 0.1) is 0 Å². The lowest BCUT2D eigenvalue weighted by molar-refractivity contribution is -0.162. The fraction of sp³-hybridized carbons (Fsp3) is 0.471. The molecule has 36 heteroatoms. The average molecular weight is 1920 g/mol. The summed E-state index contributed by atoms with van der Waals surface area (Å²) in [7, 11) is 0. The highest BCUT2D eigenvalue weighted by molar-refractivity contribution is 5.98. The molecule has 0 atom stereocenters. The first-order valence-electron chi connectivity index (χ1n) is 46.1. The summed E-state index contributed by atoms with van der Waals surface area (Å²) < 4.78 is 107. The van der Waals surface area contributed by atoms with Gasteiger partial charge in [-0.05, 0) is 305 Å². The van der Waals surface area contributed by atoms with Crippen molar-refractivity contribution in [3.63, 3.8) is 0 Å². The minimum absolute atomic E-state index is 0.0335. The zero-order valence-corrected chi connectivity index (χ0v) is 77.8. The molecular weight excluding hydrogens is 1800 g/mol. The molecule has 6 aliphatic carbocycles. The molecule has 0 amide bonds. The van der Waals surface area contributed by atoms with Gasteiger partial charge in [0, 0.05) is 33.4 Å². The van der Waals surface area contributed by atoms with E-state index < -0.39 is 252 Å². The predicted octanol–water partition coefficient (Wildman–Crippen LogP) is 15.6. The van der Waals surface area contributed by atoms with Gasteiger partial charge in [0.25, 0.3) is 0 Å². The number of esters is 12. The lowest BCUT2D eigenvalue weighted by atomic mass is 9.87. The second kappa shape index (κ2) is 44.7. The molecule has 6 aliphatic rings. The number of ether oxygens (including phenoxy) is 18. The summed E-state index contributed by atoms with van der Waals surface area (Å²) in [4.78, 5) is 165. The van der Waals surface area contributed by atoms with Crippen LogP contribution >= 0.6 is 0 Å². The van der Waals surface area contributed by atoms with Crippen LogP contribution in [0.3, 0.4) is 0 Å². The minimum atomic E-state index is -1.21. The van der Waals surface area contributed by atoms with Crippen LogP contribution in [0.4, 0.5) is 0 Å². The second-order valence-corrected chi connectivity index (χ2v) is 36.9. The zero-order chi connectivity index (χ0) is 98.7. The first-order valence-corrected chi connectivity index (χ1v) is 46.1. The maximum Gasteiger partial charge on any atom is 0.344 e. The Morgan fingerprint density at radius 1 is 0.210 bits per heavy atom. The molecule has 6 fully saturated rings. The molecule has 36 nitrogen and oxygen atoms in total. The monoisotopic (exact) mass is 1910 g/mol. The molecule has 6 N–H and O–H groups in total. The van der Waals surface area contributed by atoms with Crippen molar-refractivity contribution in [2.75, 3.05) is 39.6 Å². The van der Waals surface area contributed by atoms with Crippen LogP contribution < -0.4 is 28.4 Å². The molecule has 0 radical (unpaired) electrons. The summed E-state index contributed by atoms with van der Waals surface area (Å²) in [6, 6.07) is 20.6. The molecule has 0 spiro atoms. The predicted molar refractivity (Wildman–Crippen MR) is 481 cm³/mol. The first kappa shape index (κ1) is 101. The number of rotatable bonds is 42. The highest BCUT2D eigenvalue weighted by Crippen LogP contribution is 2.43.